The predicted molar refractivity (Wildman–Crippen MR) is 98.9 cm³/mol. The number of ether oxygens (including phenoxy) is 1. The molecule has 1 amide bonds. The van der Waals surface area contributed by atoms with Gasteiger partial charge in [0.1, 0.15) is 10.6 Å². The number of carbonyl (C=O) groups is 1. The Hall–Kier alpha value is -1.97. The molecule has 3 rings (SSSR count). The molecular weight excluding hydrogens is 374 g/mol. The number of amides is 1. The molecule has 1 fully saturated rings. The average Bonchev–Trinajstić information content (AvgIpc) is 3.21. The Bertz CT molecular complexity index is 835. The molecule has 0 radical (unpaired) electrons. The van der Waals surface area contributed by atoms with E-state index in [1.165, 1.54) is 30.6 Å². The molecular formula is C17H21N3O4S2. The summed E-state index contributed by atoms with van der Waals surface area (Å²) in [7, 11) is -2.05. The number of benzene rings is 1. The van der Waals surface area contributed by atoms with Crippen molar-refractivity contribution in [3.8, 4) is 5.75 Å². The van der Waals surface area contributed by atoms with E-state index >= 15 is 0 Å². The Morgan fingerprint density at radius 2 is 2.15 bits per heavy atom. The van der Waals surface area contributed by atoms with Gasteiger partial charge in [-0.05, 0) is 43.0 Å². The molecule has 7 nitrogen and oxygen atoms in total. The van der Waals surface area contributed by atoms with Crippen LogP contribution in [-0.2, 0) is 10.0 Å². The summed E-state index contributed by atoms with van der Waals surface area (Å²) in [6.07, 6.45) is 3.32. The zero-order valence-electron chi connectivity index (χ0n) is 14.4. The molecule has 0 spiro atoms. The maximum atomic E-state index is 12.4. The van der Waals surface area contributed by atoms with Crippen LogP contribution in [0.2, 0.25) is 0 Å². The summed E-state index contributed by atoms with van der Waals surface area (Å²) in [6.45, 7) is 1.54. The zero-order valence-corrected chi connectivity index (χ0v) is 16.1. The van der Waals surface area contributed by atoms with Crippen LogP contribution in [0, 0.1) is 5.92 Å². The third-order valence-corrected chi connectivity index (χ3v) is 6.58. The molecule has 2 heterocycles. The summed E-state index contributed by atoms with van der Waals surface area (Å²) < 4.78 is 32.6. The number of hydrogen-bond donors (Lipinski definition) is 1. The summed E-state index contributed by atoms with van der Waals surface area (Å²) in [5, 5.41) is 0. The minimum absolute atomic E-state index is 0.0322. The van der Waals surface area contributed by atoms with Crippen molar-refractivity contribution in [1.29, 1.82) is 0 Å². The molecule has 2 aromatic rings. The minimum atomic E-state index is -3.58. The molecule has 1 saturated heterocycles. The molecule has 1 N–H and O–H groups in total. The molecule has 1 aliphatic heterocycles. The molecule has 0 bridgehead atoms. The fourth-order valence-corrected chi connectivity index (χ4v) is 4.66. The first-order valence-corrected chi connectivity index (χ1v) is 10.7. The number of hydrogen-bond acceptors (Lipinski definition) is 6. The molecule has 0 unspecified atom stereocenters. The topological polar surface area (TPSA) is 88.6 Å². The van der Waals surface area contributed by atoms with E-state index in [9.17, 15) is 13.2 Å². The van der Waals surface area contributed by atoms with Crippen LogP contribution in [0.4, 0.5) is 0 Å². The molecule has 1 aromatic heterocycles. The second-order valence-electron chi connectivity index (χ2n) is 6.15. The number of nitrogens with one attached hydrogen (secondary N) is 1. The van der Waals surface area contributed by atoms with Crippen molar-refractivity contribution in [2.24, 2.45) is 5.92 Å². The largest absolute Gasteiger partial charge is 0.497 e. The fourth-order valence-electron chi connectivity index (χ4n) is 2.96. The number of aromatic nitrogens is 1. The Labute approximate surface area is 157 Å². The molecule has 1 aliphatic rings. The summed E-state index contributed by atoms with van der Waals surface area (Å²) in [5.74, 6) is 0.664. The van der Waals surface area contributed by atoms with Gasteiger partial charge in [-0.1, -0.05) is 0 Å². The van der Waals surface area contributed by atoms with E-state index in [2.05, 4.69) is 9.71 Å². The highest BCUT2D eigenvalue weighted by atomic mass is 32.2. The maximum absolute atomic E-state index is 12.4. The van der Waals surface area contributed by atoms with E-state index in [0.717, 1.165) is 12.8 Å². The molecule has 9 heteroatoms. The van der Waals surface area contributed by atoms with Crippen molar-refractivity contribution in [3.63, 3.8) is 0 Å². The van der Waals surface area contributed by atoms with Crippen LogP contribution in [0.25, 0.3) is 0 Å². The van der Waals surface area contributed by atoms with Crippen molar-refractivity contribution >= 4 is 27.3 Å². The minimum Gasteiger partial charge on any atom is -0.497 e. The van der Waals surface area contributed by atoms with Gasteiger partial charge in [-0.2, -0.15) is 0 Å². The van der Waals surface area contributed by atoms with Gasteiger partial charge in [-0.25, -0.2) is 13.1 Å². The molecule has 1 atom stereocenters. The number of piperidine rings is 1. The first kappa shape index (κ1) is 18.8. The van der Waals surface area contributed by atoms with Crippen molar-refractivity contribution in [3.05, 3.63) is 40.8 Å². The Balaban J connectivity index is 1.59. The van der Waals surface area contributed by atoms with Gasteiger partial charge < -0.3 is 9.64 Å². The predicted octanol–water partition coefficient (Wildman–Crippen LogP) is 1.98. The zero-order chi connectivity index (χ0) is 18.6. The lowest BCUT2D eigenvalue weighted by Crippen LogP contribution is -2.43. The van der Waals surface area contributed by atoms with Crippen LogP contribution in [0.3, 0.4) is 0 Å². The van der Waals surface area contributed by atoms with Crippen molar-refractivity contribution < 1.29 is 17.9 Å². The number of thiazole rings is 1. The Morgan fingerprint density at radius 1 is 1.38 bits per heavy atom. The van der Waals surface area contributed by atoms with E-state index in [0.29, 0.717) is 30.3 Å². The monoisotopic (exact) mass is 395 g/mol. The maximum Gasteiger partial charge on any atom is 0.265 e. The lowest BCUT2D eigenvalue weighted by atomic mass is 9.98. The highest BCUT2D eigenvalue weighted by molar-refractivity contribution is 7.89. The number of likely N-dealkylation sites (tertiary alicyclic amines) is 1. The first-order chi connectivity index (χ1) is 12.5. The van der Waals surface area contributed by atoms with Crippen LogP contribution >= 0.6 is 11.3 Å². The van der Waals surface area contributed by atoms with Gasteiger partial charge in [-0.15, -0.1) is 11.3 Å². The SMILES string of the molecule is COc1ccc(S(=O)(=O)NC[C@H]2CCCN(C(=O)c3cncs3)C2)cc1. The van der Waals surface area contributed by atoms with Gasteiger partial charge in [0.2, 0.25) is 10.0 Å². The van der Waals surface area contributed by atoms with Gasteiger partial charge in [0.25, 0.3) is 5.91 Å². The van der Waals surface area contributed by atoms with Crippen molar-refractivity contribution in [2.45, 2.75) is 17.7 Å². The fraction of sp³-hybridized carbons (Fsp3) is 0.412. The lowest BCUT2D eigenvalue weighted by Gasteiger charge is -2.32. The number of sulfonamides is 1. The highest BCUT2D eigenvalue weighted by Crippen LogP contribution is 2.21. The van der Waals surface area contributed by atoms with Crippen molar-refractivity contribution in [2.75, 3.05) is 26.7 Å². The van der Waals surface area contributed by atoms with Gasteiger partial charge in [-0.3, -0.25) is 9.78 Å². The Morgan fingerprint density at radius 3 is 2.81 bits per heavy atom. The average molecular weight is 396 g/mol. The Kier molecular flexibility index (Phi) is 5.90. The number of methoxy groups -OCH3 is 1. The molecule has 0 aliphatic carbocycles. The lowest BCUT2D eigenvalue weighted by molar-refractivity contribution is 0.0681. The molecule has 140 valence electrons. The van der Waals surface area contributed by atoms with E-state index < -0.39 is 10.0 Å². The van der Waals surface area contributed by atoms with Crippen LogP contribution in [-0.4, -0.2) is 51.0 Å². The smallest absolute Gasteiger partial charge is 0.265 e. The van der Waals surface area contributed by atoms with E-state index in [1.807, 2.05) is 0 Å². The third-order valence-electron chi connectivity index (χ3n) is 4.38. The van der Waals surface area contributed by atoms with Crippen LogP contribution in [0.5, 0.6) is 5.75 Å². The summed E-state index contributed by atoms with van der Waals surface area (Å²) >= 11 is 1.32. The number of rotatable bonds is 6. The van der Waals surface area contributed by atoms with Crippen LogP contribution < -0.4 is 9.46 Å². The van der Waals surface area contributed by atoms with Crippen LogP contribution in [0.15, 0.2) is 40.9 Å². The van der Waals surface area contributed by atoms with Gasteiger partial charge in [0.15, 0.2) is 0 Å². The van der Waals surface area contributed by atoms with E-state index in [1.54, 1.807) is 28.7 Å². The summed E-state index contributed by atoms with van der Waals surface area (Å²) in [4.78, 5) is 19.0. The molecule has 26 heavy (non-hydrogen) atoms. The van der Waals surface area contributed by atoms with Gasteiger partial charge >= 0.3 is 0 Å². The van der Waals surface area contributed by atoms with Crippen LogP contribution in [0.1, 0.15) is 22.5 Å². The van der Waals surface area contributed by atoms with Gasteiger partial charge in [0, 0.05) is 19.6 Å². The molecule has 1 aromatic carbocycles. The third kappa shape index (κ3) is 4.40. The second-order valence-corrected chi connectivity index (χ2v) is 8.81. The normalized spacial score (nSPS) is 17.9. The number of nitrogens with zero attached hydrogens (tertiary/aromatic N) is 2. The summed E-state index contributed by atoms with van der Waals surface area (Å²) in [5.41, 5.74) is 1.64. The van der Waals surface area contributed by atoms with Gasteiger partial charge in [0.05, 0.1) is 23.7 Å². The quantitative estimate of drug-likeness (QED) is 0.808. The highest BCUT2D eigenvalue weighted by Gasteiger charge is 2.26. The van der Waals surface area contributed by atoms with E-state index in [4.69, 9.17) is 4.74 Å². The molecule has 0 saturated carbocycles. The standard InChI is InChI=1S/C17H21N3O4S2/c1-24-14-4-6-15(7-5-14)26(22,23)19-9-13-3-2-8-20(11-13)17(21)16-10-18-12-25-16/h4-7,10,12-13,19H,2-3,8-9,11H2,1H3/t13-/m1/s1. The number of carbonyl (C=O) groups excluding carboxylic acids is 1. The van der Waals surface area contributed by atoms with E-state index in [-0.39, 0.29) is 16.7 Å². The first-order valence-electron chi connectivity index (χ1n) is 8.31. The summed E-state index contributed by atoms with van der Waals surface area (Å²) in [6, 6.07) is 6.26. The second kappa shape index (κ2) is 8.15. The van der Waals surface area contributed by atoms with Crippen molar-refractivity contribution in [1.82, 2.24) is 14.6 Å².